The lowest BCUT2D eigenvalue weighted by Crippen LogP contribution is -2.42. The Bertz CT molecular complexity index is 863. The quantitative estimate of drug-likeness (QED) is 0.829. The second kappa shape index (κ2) is 7.37. The molecule has 134 valence electrons. The van der Waals surface area contributed by atoms with Crippen LogP contribution in [0.4, 0.5) is 0 Å². The summed E-state index contributed by atoms with van der Waals surface area (Å²) in [4.78, 5) is 11.8. The van der Waals surface area contributed by atoms with E-state index >= 15 is 0 Å². The van der Waals surface area contributed by atoms with E-state index in [1.54, 1.807) is 38.1 Å². The zero-order valence-electron chi connectivity index (χ0n) is 14.8. The molecular formula is C19H23NO4S. The molecule has 2 aromatic carbocycles. The fraction of sp³-hybridized carbons (Fsp3) is 0.316. The Hall–Kier alpha value is -2.18. The molecule has 0 bridgehead atoms. The van der Waals surface area contributed by atoms with Crippen molar-refractivity contribution >= 4 is 16.0 Å². The largest absolute Gasteiger partial charge is 0.480 e. The molecule has 0 saturated carbocycles. The topological polar surface area (TPSA) is 83.5 Å². The molecule has 0 aromatic heterocycles. The summed E-state index contributed by atoms with van der Waals surface area (Å²) in [7, 11) is -3.96. The number of hydrogen-bond acceptors (Lipinski definition) is 3. The Morgan fingerprint density at radius 1 is 1.04 bits per heavy atom. The number of carbonyl (C=O) groups is 1. The van der Waals surface area contributed by atoms with Crippen molar-refractivity contribution in [3.8, 4) is 0 Å². The molecule has 0 radical (unpaired) electrons. The number of rotatable bonds is 6. The van der Waals surface area contributed by atoms with E-state index in [-0.39, 0.29) is 11.3 Å². The molecule has 0 aliphatic rings. The third-order valence-corrected chi connectivity index (χ3v) is 6.19. The monoisotopic (exact) mass is 361 g/mol. The van der Waals surface area contributed by atoms with Gasteiger partial charge in [-0.2, -0.15) is 4.72 Å². The van der Waals surface area contributed by atoms with E-state index < -0.39 is 22.0 Å². The van der Waals surface area contributed by atoms with E-state index in [2.05, 4.69) is 4.72 Å². The van der Waals surface area contributed by atoms with Gasteiger partial charge in [0.05, 0.1) is 4.90 Å². The third kappa shape index (κ3) is 4.27. The van der Waals surface area contributed by atoms with Crippen molar-refractivity contribution in [3.63, 3.8) is 0 Å². The fourth-order valence-electron chi connectivity index (χ4n) is 2.86. The van der Waals surface area contributed by atoms with Gasteiger partial charge in [0.15, 0.2) is 0 Å². The Morgan fingerprint density at radius 3 is 2.04 bits per heavy atom. The molecule has 0 spiro atoms. The van der Waals surface area contributed by atoms with Crippen LogP contribution in [0, 0.1) is 27.7 Å². The van der Waals surface area contributed by atoms with Gasteiger partial charge in [-0.3, -0.25) is 4.79 Å². The minimum Gasteiger partial charge on any atom is -0.480 e. The highest BCUT2D eigenvalue weighted by Crippen LogP contribution is 2.26. The molecule has 5 nitrogen and oxygen atoms in total. The smallest absolute Gasteiger partial charge is 0.322 e. The number of aryl methyl sites for hydroxylation is 2. The van der Waals surface area contributed by atoms with Crippen molar-refractivity contribution in [1.29, 1.82) is 0 Å². The summed E-state index contributed by atoms with van der Waals surface area (Å²) in [6.45, 7) is 7.17. The summed E-state index contributed by atoms with van der Waals surface area (Å²) >= 11 is 0. The maximum absolute atomic E-state index is 12.9. The molecule has 2 aromatic rings. The molecule has 1 unspecified atom stereocenters. The molecule has 0 saturated heterocycles. The highest BCUT2D eigenvalue weighted by atomic mass is 32.2. The van der Waals surface area contributed by atoms with E-state index in [9.17, 15) is 18.3 Å². The number of aliphatic carboxylic acids is 1. The lowest BCUT2D eigenvalue weighted by molar-refractivity contribution is -0.138. The van der Waals surface area contributed by atoms with Crippen LogP contribution >= 0.6 is 0 Å². The molecule has 0 heterocycles. The Morgan fingerprint density at radius 2 is 1.56 bits per heavy atom. The van der Waals surface area contributed by atoms with Gasteiger partial charge >= 0.3 is 5.97 Å². The SMILES string of the molecule is Cc1cc(C)c(C)c(S(=O)(=O)NC(Cc2ccccc2)C(=O)O)c1C. The van der Waals surface area contributed by atoms with E-state index in [1.807, 2.05) is 26.0 Å². The summed E-state index contributed by atoms with van der Waals surface area (Å²) in [5.74, 6) is -1.20. The Labute approximate surface area is 148 Å². The second-order valence-corrected chi connectivity index (χ2v) is 7.94. The number of hydrogen-bond donors (Lipinski definition) is 2. The van der Waals surface area contributed by atoms with Crippen LogP contribution in [0.25, 0.3) is 0 Å². The summed E-state index contributed by atoms with van der Waals surface area (Å²) in [6.07, 6.45) is 0.0816. The molecule has 0 aliphatic carbocycles. The van der Waals surface area contributed by atoms with Crippen LogP contribution < -0.4 is 4.72 Å². The maximum atomic E-state index is 12.9. The zero-order valence-corrected chi connectivity index (χ0v) is 15.6. The summed E-state index contributed by atoms with van der Waals surface area (Å²) in [5.41, 5.74) is 3.75. The minimum atomic E-state index is -3.96. The predicted octanol–water partition coefficient (Wildman–Crippen LogP) is 2.89. The van der Waals surface area contributed by atoms with Crippen LogP contribution in [-0.2, 0) is 21.2 Å². The molecule has 2 N–H and O–H groups in total. The van der Waals surface area contributed by atoms with Gasteiger partial charge in [0, 0.05) is 0 Å². The first-order valence-electron chi connectivity index (χ1n) is 8.00. The Kier molecular flexibility index (Phi) is 5.65. The molecule has 2 rings (SSSR count). The van der Waals surface area contributed by atoms with Crippen molar-refractivity contribution in [2.45, 2.75) is 45.1 Å². The van der Waals surface area contributed by atoms with Crippen molar-refractivity contribution in [2.75, 3.05) is 0 Å². The number of carboxylic acids is 1. The van der Waals surface area contributed by atoms with Crippen molar-refractivity contribution in [2.24, 2.45) is 0 Å². The lowest BCUT2D eigenvalue weighted by Gasteiger charge is -2.19. The number of carboxylic acid groups (broad SMARTS) is 1. The zero-order chi connectivity index (χ0) is 18.8. The van der Waals surface area contributed by atoms with E-state index in [0.717, 1.165) is 16.7 Å². The predicted molar refractivity (Wildman–Crippen MR) is 97.3 cm³/mol. The Balaban J connectivity index is 2.41. The summed E-state index contributed by atoms with van der Waals surface area (Å²) < 4.78 is 28.2. The van der Waals surface area contributed by atoms with Crippen LogP contribution in [0.2, 0.25) is 0 Å². The van der Waals surface area contributed by atoms with E-state index in [4.69, 9.17) is 0 Å². The average molecular weight is 361 g/mol. The number of benzene rings is 2. The van der Waals surface area contributed by atoms with Gasteiger partial charge in [-0.15, -0.1) is 0 Å². The first-order valence-corrected chi connectivity index (χ1v) is 9.48. The second-order valence-electron chi connectivity index (χ2n) is 6.29. The van der Waals surface area contributed by atoms with Gasteiger partial charge in [-0.25, -0.2) is 8.42 Å². The summed E-state index contributed by atoms with van der Waals surface area (Å²) in [5, 5.41) is 9.47. The van der Waals surface area contributed by atoms with Gasteiger partial charge in [0.2, 0.25) is 10.0 Å². The van der Waals surface area contributed by atoms with Gasteiger partial charge in [-0.1, -0.05) is 36.4 Å². The van der Waals surface area contributed by atoms with Gasteiger partial charge in [-0.05, 0) is 61.9 Å². The van der Waals surface area contributed by atoms with Crippen LogP contribution in [0.1, 0.15) is 27.8 Å². The van der Waals surface area contributed by atoms with E-state index in [1.165, 1.54) is 0 Å². The highest BCUT2D eigenvalue weighted by Gasteiger charge is 2.28. The number of nitrogens with one attached hydrogen (secondary N) is 1. The molecule has 6 heteroatoms. The maximum Gasteiger partial charge on any atom is 0.322 e. The molecule has 0 fully saturated rings. The molecule has 25 heavy (non-hydrogen) atoms. The first-order chi connectivity index (χ1) is 11.6. The van der Waals surface area contributed by atoms with Gasteiger partial charge in [0.1, 0.15) is 6.04 Å². The van der Waals surface area contributed by atoms with Crippen molar-refractivity contribution in [3.05, 3.63) is 64.2 Å². The lowest BCUT2D eigenvalue weighted by atomic mass is 10.0. The average Bonchev–Trinajstić information content (AvgIpc) is 2.53. The van der Waals surface area contributed by atoms with Crippen LogP contribution in [0.15, 0.2) is 41.3 Å². The summed E-state index contributed by atoms with van der Waals surface area (Å²) in [6, 6.07) is 9.66. The molecule has 1 atom stereocenters. The number of sulfonamides is 1. The fourth-order valence-corrected chi connectivity index (χ4v) is 4.66. The van der Waals surface area contributed by atoms with Crippen LogP contribution in [-0.4, -0.2) is 25.5 Å². The van der Waals surface area contributed by atoms with Crippen LogP contribution in [0.5, 0.6) is 0 Å². The standard InChI is InChI=1S/C19H23NO4S/c1-12-10-13(2)15(4)18(14(12)3)25(23,24)20-17(19(21)22)11-16-8-6-5-7-9-16/h5-10,17,20H,11H2,1-4H3,(H,21,22). The van der Waals surface area contributed by atoms with Crippen LogP contribution in [0.3, 0.4) is 0 Å². The van der Waals surface area contributed by atoms with Gasteiger partial charge in [0.25, 0.3) is 0 Å². The third-order valence-electron chi connectivity index (χ3n) is 4.44. The highest BCUT2D eigenvalue weighted by molar-refractivity contribution is 7.89. The minimum absolute atomic E-state index is 0.0816. The molecule has 0 amide bonds. The molecular weight excluding hydrogens is 338 g/mol. The normalized spacial score (nSPS) is 12.8. The van der Waals surface area contributed by atoms with Crippen molar-refractivity contribution < 1.29 is 18.3 Å². The van der Waals surface area contributed by atoms with Crippen molar-refractivity contribution in [1.82, 2.24) is 4.72 Å². The molecule has 0 aliphatic heterocycles. The van der Waals surface area contributed by atoms with E-state index in [0.29, 0.717) is 11.1 Å². The first kappa shape index (κ1) is 19.1. The van der Waals surface area contributed by atoms with Gasteiger partial charge < -0.3 is 5.11 Å².